The Morgan fingerprint density at radius 1 is 1.27 bits per heavy atom. The Bertz CT molecular complexity index is 1020. The topological polar surface area (TPSA) is 86.9 Å². The van der Waals surface area contributed by atoms with Gasteiger partial charge in [-0.05, 0) is 41.1 Å². The molecule has 0 N–H and O–H groups in total. The predicted molar refractivity (Wildman–Crippen MR) is 111 cm³/mol. The second-order valence-electron chi connectivity index (χ2n) is 6.95. The highest BCUT2D eigenvalue weighted by Gasteiger charge is 2.32. The molecular formula is C21H23N3O5S. The third-order valence-corrected chi connectivity index (χ3v) is 5.97. The minimum absolute atomic E-state index is 0.197. The quantitative estimate of drug-likeness (QED) is 0.528. The SMILES string of the molecule is COC(=O)CC1c2cc(OC)c(OC)cc2CCN1Cc1nc(-c2ccsc2)no1. The second-order valence-corrected chi connectivity index (χ2v) is 7.73. The number of benzene rings is 1. The lowest BCUT2D eigenvalue weighted by Crippen LogP contribution is -2.36. The molecule has 1 aliphatic rings. The van der Waals surface area contributed by atoms with E-state index in [0.717, 1.165) is 29.7 Å². The maximum atomic E-state index is 12.2. The van der Waals surface area contributed by atoms with Crippen molar-refractivity contribution < 1.29 is 23.5 Å². The number of methoxy groups -OCH3 is 3. The Morgan fingerprint density at radius 3 is 2.77 bits per heavy atom. The van der Waals surface area contributed by atoms with E-state index in [2.05, 4.69) is 15.0 Å². The van der Waals surface area contributed by atoms with Crippen LogP contribution >= 0.6 is 11.3 Å². The highest BCUT2D eigenvalue weighted by Crippen LogP contribution is 2.40. The Kier molecular flexibility index (Phi) is 6.01. The van der Waals surface area contributed by atoms with Crippen LogP contribution in [0.2, 0.25) is 0 Å². The van der Waals surface area contributed by atoms with Crippen LogP contribution in [0.1, 0.15) is 29.5 Å². The number of esters is 1. The van der Waals surface area contributed by atoms with E-state index in [1.54, 1.807) is 25.6 Å². The van der Waals surface area contributed by atoms with Gasteiger partial charge in [-0.2, -0.15) is 16.3 Å². The molecule has 8 nitrogen and oxygen atoms in total. The van der Waals surface area contributed by atoms with Gasteiger partial charge < -0.3 is 18.7 Å². The molecule has 0 fully saturated rings. The molecule has 0 saturated carbocycles. The number of carbonyl (C=O) groups excluding carboxylic acids is 1. The molecule has 3 heterocycles. The van der Waals surface area contributed by atoms with Crippen LogP contribution in [0.4, 0.5) is 0 Å². The summed E-state index contributed by atoms with van der Waals surface area (Å²) in [5, 5.41) is 8.04. The summed E-state index contributed by atoms with van der Waals surface area (Å²) in [4.78, 5) is 18.9. The van der Waals surface area contributed by atoms with Crippen LogP contribution in [0, 0.1) is 0 Å². The average molecular weight is 429 g/mol. The molecule has 0 bridgehead atoms. The fraction of sp³-hybridized carbons (Fsp3) is 0.381. The van der Waals surface area contributed by atoms with Crippen molar-refractivity contribution in [2.24, 2.45) is 0 Å². The number of hydrogen-bond donors (Lipinski definition) is 0. The molecule has 1 atom stereocenters. The van der Waals surface area contributed by atoms with Crippen LogP contribution in [0.15, 0.2) is 33.5 Å². The molecule has 1 aromatic carbocycles. The van der Waals surface area contributed by atoms with Gasteiger partial charge in [-0.15, -0.1) is 0 Å². The van der Waals surface area contributed by atoms with Crippen LogP contribution < -0.4 is 9.47 Å². The van der Waals surface area contributed by atoms with Crippen LogP contribution in [0.3, 0.4) is 0 Å². The Balaban J connectivity index is 1.63. The molecule has 0 aliphatic carbocycles. The number of fused-ring (bicyclic) bond motifs is 1. The van der Waals surface area contributed by atoms with E-state index in [1.165, 1.54) is 7.11 Å². The van der Waals surface area contributed by atoms with Crippen LogP contribution in [-0.4, -0.2) is 48.9 Å². The zero-order chi connectivity index (χ0) is 21.1. The molecular weight excluding hydrogens is 406 g/mol. The summed E-state index contributed by atoms with van der Waals surface area (Å²) in [5.41, 5.74) is 3.08. The Hall–Kier alpha value is -2.91. The molecule has 3 aromatic rings. The molecule has 30 heavy (non-hydrogen) atoms. The van der Waals surface area contributed by atoms with Crippen molar-refractivity contribution >= 4 is 17.3 Å². The monoisotopic (exact) mass is 429 g/mol. The van der Waals surface area contributed by atoms with E-state index in [4.69, 9.17) is 18.7 Å². The Labute approximate surface area is 178 Å². The van der Waals surface area contributed by atoms with Crippen molar-refractivity contribution in [3.05, 3.63) is 46.0 Å². The van der Waals surface area contributed by atoms with E-state index >= 15 is 0 Å². The highest BCUT2D eigenvalue weighted by molar-refractivity contribution is 7.08. The van der Waals surface area contributed by atoms with Gasteiger partial charge in [0.2, 0.25) is 11.7 Å². The average Bonchev–Trinajstić information content (AvgIpc) is 3.46. The normalized spacial score (nSPS) is 16.2. The fourth-order valence-electron chi connectivity index (χ4n) is 3.75. The molecule has 0 spiro atoms. The fourth-order valence-corrected chi connectivity index (χ4v) is 4.39. The number of thiophene rings is 1. The van der Waals surface area contributed by atoms with E-state index in [9.17, 15) is 4.79 Å². The molecule has 2 aromatic heterocycles. The summed E-state index contributed by atoms with van der Waals surface area (Å²) in [7, 11) is 4.62. The number of rotatable bonds is 7. The van der Waals surface area contributed by atoms with E-state index in [0.29, 0.717) is 29.8 Å². The molecule has 1 aliphatic heterocycles. The van der Waals surface area contributed by atoms with E-state index in [-0.39, 0.29) is 18.4 Å². The first kappa shape index (κ1) is 20.4. The lowest BCUT2D eigenvalue weighted by atomic mass is 9.90. The molecule has 0 radical (unpaired) electrons. The maximum absolute atomic E-state index is 12.2. The smallest absolute Gasteiger partial charge is 0.307 e. The summed E-state index contributed by atoms with van der Waals surface area (Å²) in [6.45, 7) is 1.17. The molecule has 0 saturated heterocycles. The first-order valence-corrected chi connectivity index (χ1v) is 10.5. The second kappa shape index (κ2) is 8.85. The summed E-state index contributed by atoms with van der Waals surface area (Å²) < 4.78 is 21.3. The van der Waals surface area contributed by atoms with Crippen LogP contribution in [-0.2, 0) is 22.5 Å². The number of nitrogens with zero attached hydrogens (tertiary/aromatic N) is 3. The number of aromatic nitrogens is 2. The minimum atomic E-state index is -0.280. The maximum Gasteiger partial charge on any atom is 0.307 e. The standard InChI is InChI=1S/C21H23N3O5S/c1-26-17-8-13-4-6-24(11-19-22-21(23-29-19)14-5-7-30-12-14)16(10-20(25)28-3)15(13)9-18(17)27-2/h5,7-9,12,16H,4,6,10-11H2,1-3H3. The predicted octanol–water partition coefficient (Wildman–Crippen LogP) is 3.48. The van der Waals surface area contributed by atoms with Gasteiger partial charge in [-0.1, -0.05) is 5.16 Å². The molecule has 0 amide bonds. The lowest BCUT2D eigenvalue weighted by Gasteiger charge is -2.36. The van der Waals surface area contributed by atoms with Gasteiger partial charge in [0.15, 0.2) is 11.5 Å². The molecule has 1 unspecified atom stereocenters. The molecule has 4 rings (SSSR count). The van der Waals surface area contributed by atoms with Gasteiger partial charge in [0.05, 0.1) is 34.3 Å². The molecule has 158 valence electrons. The van der Waals surface area contributed by atoms with Gasteiger partial charge in [-0.25, -0.2) is 0 Å². The zero-order valence-corrected chi connectivity index (χ0v) is 17.9. The third-order valence-electron chi connectivity index (χ3n) is 5.29. The van der Waals surface area contributed by atoms with Gasteiger partial charge in [0.25, 0.3) is 0 Å². The number of ether oxygens (including phenoxy) is 3. The third kappa shape index (κ3) is 4.03. The van der Waals surface area contributed by atoms with Gasteiger partial charge in [0, 0.05) is 23.5 Å². The molecule has 9 heteroatoms. The van der Waals surface area contributed by atoms with Gasteiger partial charge in [-0.3, -0.25) is 9.69 Å². The van der Waals surface area contributed by atoms with Gasteiger partial charge >= 0.3 is 5.97 Å². The summed E-state index contributed by atoms with van der Waals surface area (Å²) in [6, 6.07) is 5.68. The largest absolute Gasteiger partial charge is 0.493 e. The van der Waals surface area contributed by atoms with Crippen molar-refractivity contribution in [3.63, 3.8) is 0 Å². The van der Waals surface area contributed by atoms with Crippen LogP contribution in [0.25, 0.3) is 11.4 Å². The van der Waals surface area contributed by atoms with Crippen molar-refractivity contribution in [2.75, 3.05) is 27.9 Å². The summed E-state index contributed by atoms with van der Waals surface area (Å²) in [6.07, 6.45) is 1.02. The van der Waals surface area contributed by atoms with Crippen LogP contribution in [0.5, 0.6) is 11.5 Å². The van der Waals surface area contributed by atoms with Crippen molar-refractivity contribution in [1.82, 2.24) is 15.0 Å². The summed E-state index contributed by atoms with van der Waals surface area (Å²) in [5.74, 6) is 2.11. The van der Waals surface area contributed by atoms with Crippen molar-refractivity contribution in [2.45, 2.75) is 25.4 Å². The highest BCUT2D eigenvalue weighted by atomic mass is 32.1. The first-order chi connectivity index (χ1) is 14.6. The zero-order valence-electron chi connectivity index (χ0n) is 17.1. The van der Waals surface area contributed by atoms with E-state index in [1.807, 2.05) is 29.0 Å². The number of carbonyl (C=O) groups is 1. The Morgan fingerprint density at radius 2 is 2.07 bits per heavy atom. The van der Waals surface area contributed by atoms with Gasteiger partial charge in [0.1, 0.15) is 0 Å². The summed E-state index contributed by atoms with van der Waals surface area (Å²) >= 11 is 1.58. The minimum Gasteiger partial charge on any atom is -0.493 e. The number of hydrogen-bond acceptors (Lipinski definition) is 9. The lowest BCUT2D eigenvalue weighted by molar-refractivity contribution is -0.142. The first-order valence-electron chi connectivity index (χ1n) is 9.53. The van der Waals surface area contributed by atoms with E-state index < -0.39 is 0 Å². The van der Waals surface area contributed by atoms with Crippen molar-refractivity contribution in [3.8, 4) is 22.9 Å². The van der Waals surface area contributed by atoms with Crippen molar-refractivity contribution in [1.29, 1.82) is 0 Å².